The van der Waals surface area contributed by atoms with E-state index in [2.05, 4.69) is 4.98 Å². The zero-order chi connectivity index (χ0) is 13.1. The van der Waals surface area contributed by atoms with Crippen molar-refractivity contribution in [3.05, 3.63) is 42.5 Å². The molecule has 2 aromatic rings. The molecule has 1 amide bonds. The Morgan fingerprint density at radius 3 is 2.84 bits per heavy atom. The van der Waals surface area contributed by atoms with Crippen molar-refractivity contribution < 1.29 is 13.9 Å². The Bertz CT molecular complexity index is 560. The molecule has 5 nitrogen and oxygen atoms in total. The summed E-state index contributed by atoms with van der Waals surface area (Å²) in [7, 11) is 0. The molecule has 5 heteroatoms. The highest BCUT2D eigenvalue weighted by Gasteiger charge is 2.19. The third-order valence-electron chi connectivity index (χ3n) is 3.12. The molecular weight excluding hydrogens is 244 g/mol. The van der Waals surface area contributed by atoms with Gasteiger partial charge in [0.1, 0.15) is 0 Å². The number of ether oxygens (including phenoxy) is 1. The number of carbonyl (C=O) groups excluding carboxylic acids is 1. The largest absolute Gasteiger partial charge is 0.472 e. The molecule has 0 aromatic carbocycles. The second-order valence-corrected chi connectivity index (χ2v) is 4.35. The fourth-order valence-electron chi connectivity index (χ4n) is 2.08. The van der Waals surface area contributed by atoms with Gasteiger partial charge in [0.25, 0.3) is 5.91 Å². The molecule has 98 valence electrons. The Morgan fingerprint density at radius 2 is 2.11 bits per heavy atom. The fraction of sp³-hybridized carbons (Fsp3) is 0.286. The zero-order valence-electron chi connectivity index (χ0n) is 10.4. The minimum absolute atomic E-state index is 0.0236. The molecule has 0 aliphatic carbocycles. The summed E-state index contributed by atoms with van der Waals surface area (Å²) in [6.07, 6.45) is 4.86. The van der Waals surface area contributed by atoms with Crippen LogP contribution in [0.25, 0.3) is 11.3 Å². The first-order valence-electron chi connectivity index (χ1n) is 6.20. The Labute approximate surface area is 110 Å². The van der Waals surface area contributed by atoms with Crippen molar-refractivity contribution in [2.45, 2.75) is 0 Å². The minimum Gasteiger partial charge on any atom is -0.472 e. The van der Waals surface area contributed by atoms with Crippen LogP contribution in [0, 0.1) is 0 Å². The van der Waals surface area contributed by atoms with Crippen molar-refractivity contribution in [1.82, 2.24) is 9.88 Å². The maximum Gasteiger partial charge on any atom is 0.254 e. The lowest BCUT2D eigenvalue weighted by Gasteiger charge is -2.26. The molecule has 0 spiro atoms. The highest BCUT2D eigenvalue weighted by atomic mass is 16.5. The molecule has 0 atom stereocenters. The lowest BCUT2D eigenvalue weighted by atomic mass is 10.1. The van der Waals surface area contributed by atoms with Crippen LogP contribution in [0.4, 0.5) is 0 Å². The van der Waals surface area contributed by atoms with Crippen molar-refractivity contribution in [2.75, 3.05) is 26.3 Å². The number of rotatable bonds is 2. The number of amides is 1. The summed E-state index contributed by atoms with van der Waals surface area (Å²) in [4.78, 5) is 18.4. The van der Waals surface area contributed by atoms with Crippen LogP contribution < -0.4 is 0 Å². The number of carbonyl (C=O) groups is 1. The SMILES string of the molecule is O=C(c1ccnc(-c2ccoc2)c1)N1CCOCC1. The smallest absolute Gasteiger partial charge is 0.254 e. The predicted molar refractivity (Wildman–Crippen MR) is 68.7 cm³/mol. The van der Waals surface area contributed by atoms with E-state index in [1.807, 2.05) is 6.07 Å². The third-order valence-corrected chi connectivity index (χ3v) is 3.12. The lowest BCUT2D eigenvalue weighted by molar-refractivity contribution is 0.0303. The fourth-order valence-corrected chi connectivity index (χ4v) is 2.08. The third kappa shape index (κ3) is 2.51. The average Bonchev–Trinajstić information content (AvgIpc) is 3.02. The first-order valence-corrected chi connectivity index (χ1v) is 6.20. The number of morpholine rings is 1. The van der Waals surface area contributed by atoms with Crippen molar-refractivity contribution in [2.24, 2.45) is 0 Å². The molecule has 0 unspecified atom stereocenters. The Morgan fingerprint density at radius 1 is 1.26 bits per heavy atom. The van der Waals surface area contributed by atoms with Crippen LogP contribution in [0.3, 0.4) is 0 Å². The molecule has 0 radical (unpaired) electrons. The van der Waals surface area contributed by atoms with Crippen molar-refractivity contribution >= 4 is 5.91 Å². The predicted octanol–water partition coefficient (Wildman–Crippen LogP) is 1.81. The molecule has 2 aromatic heterocycles. The average molecular weight is 258 g/mol. The molecule has 19 heavy (non-hydrogen) atoms. The minimum atomic E-state index is 0.0236. The van der Waals surface area contributed by atoms with E-state index < -0.39 is 0 Å². The van der Waals surface area contributed by atoms with Gasteiger partial charge in [-0.05, 0) is 18.2 Å². The van der Waals surface area contributed by atoms with Crippen LogP contribution in [0.5, 0.6) is 0 Å². The Hall–Kier alpha value is -2.14. The van der Waals surface area contributed by atoms with Gasteiger partial charge in [0.2, 0.25) is 0 Å². The number of hydrogen-bond donors (Lipinski definition) is 0. The molecule has 3 rings (SSSR count). The highest BCUT2D eigenvalue weighted by molar-refractivity contribution is 5.95. The van der Waals surface area contributed by atoms with Gasteiger partial charge >= 0.3 is 0 Å². The maximum absolute atomic E-state index is 12.3. The molecule has 1 aliphatic rings. The van der Waals surface area contributed by atoms with Gasteiger partial charge in [-0.1, -0.05) is 0 Å². The van der Waals surface area contributed by atoms with E-state index in [4.69, 9.17) is 9.15 Å². The van der Waals surface area contributed by atoms with Crippen molar-refractivity contribution in [3.8, 4) is 11.3 Å². The van der Waals surface area contributed by atoms with Crippen LogP contribution in [0.15, 0.2) is 41.3 Å². The highest BCUT2D eigenvalue weighted by Crippen LogP contribution is 2.19. The summed E-state index contributed by atoms with van der Waals surface area (Å²) in [5, 5.41) is 0. The monoisotopic (exact) mass is 258 g/mol. The van der Waals surface area contributed by atoms with Crippen LogP contribution in [-0.4, -0.2) is 42.1 Å². The van der Waals surface area contributed by atoms with E-state index in [9.17, 15) is 4.79 Å². The van der Waals surface area contributed by atoms with Crippen LogP contribution in [-0.2, 0) is 4.74 Å². The lowest BCUT2D eigenvalue weighted by Crippen LogP contribution is -2.40. The molecule has 1 fully saturated rings. The van der Waals surface area contributed by atoms with E-state index in [0.29, 0.717) is 31.9 Å². The molecule has 3 heterocycles. The van der Waals surface area contributed by atoms with E-state index >= 15 is 0 Å². The molecule has 1 saturated heterocycles. The van der Waals surface area contributed by atoms with Gasteiger partial charge in [-0.25, -0.2) is 0 Å². The van der Waals surface area contributed by atoms with Crippen molar-refractivity contribution in [3.63, 3.8) is 0 Å². The summed E-state index contributed by atoms with van der Waals surface area (Å²) >= 11 is 0. The standard InChI is InChI=1S/C14H14N2O3/c17-14(16-4-7-18-8-5-16)11-1-3-15-13(9-11)12-2-6-19-10-12/h1-3,6,9-10H,4-5,7-8H2. The summed E-state index contributed by atoms with van der Waals surface area (Å²) < 4.78 is 10.3. The van der Waals surface area contributed by atoms with Gasteiger partial charge in [0.05, 0.1) is 31.4 Å². The Kier molecular flexibility index (Phi) is 3.29. The number of nitrogens with zero attached hydrogens (tertiary/aromatic N) is 2. The number of pyridine rings is 1. The molecular formula is C14H14N2O3. The van der Waals surface area contributed by atoms with Crippen LogP contribution >= 0.6 is 0 Å². The molecule has 1 aliphatic heterocycles. The second-order valence-electron chi connectivity index (χ2n) is 4.35. The van der Waals surface area contributed by atoms with Crippen molar-refractivity contribution in [1.29, 1.82) is 0 Å². The van der Waals surface area contributed by atoms with E-state index in [1.54, 1.807) is 35.8 Å². The molecule has 0 bridgehead atoms. The maximum atomic E-state index is 12.3. The summed E-state index contributed by atoms with van der Waals surface area (Å²) in [6, 6.07) is 5.36. The summed E-state index contributed by atoms with van der Waals surface area (Å²) in [5.41, 5.74) is 2.26. The van der Waals surface area contributed by atoms with Crippen LogP contribution in [0.2, 0.25) is 0 Å². The summed E-state index contributed by atoms with van der Waals surface area (Å²) in [6.45, 7) is 2.49. The number of aromatic nitrogens is 1. The van der Waals surface area contributed by atoms with E-state index in [0.717, 1.165) is 11.3 Å². The number of hydrogen-bond acceptors (Lipinski definition) is 4. The molecule has 0 saturated carbocycles. The second kappa shape index (κ2) is 5.24. The molecule has 0 N–H and O–H groups in total. The van der Waals surface area contributed by atoms with Gasteiger partial charge in [-0.2, -0.15) is 0 Å². The quantitative estimate of drug-likeness (QED) is 0.824. The topological polar surface area (TPSA) is 55.6 Å². The van der Waals surface area contributed by atoms with Gasteiger partial charge in [-0.3, -0.25) is 9.78 Å². The Balaban J connectivity index is 1.84. The zero-order valence-corrected chi connectivity index (χ0v) is 10.4. The van der Waals surface area contributed by atoms with Gasteiger partial charge in [0, 0.05) is 30.4 Å². The first-order chi connectivity index (χ1) is 9.34. The first kappa shape index (κ1) is 11.9. The summed E-state index contributed by atoms with van der Waals surface area (Å²) in [5.74, 6) is 0.0236. The van der Waals surface area contributed by atoms with Gasteiger partial charge in [0.15, 0.2) is 0 Å². The number of furan rings is 1. The normalized spacial score (nSPS) is 15.5. The van der Waals surface area contributed by atoms with Gasteiger partial charge < -0.3 is 14.1 Å². The van der Waals surface area contributed by atoms with E-state index in [1.165, 1.54) is 0 Å². The van der Waals surface area contributed by atoms with Crippen LogP contribution in [0.1, 0.15) is 10.4 Å². The van der Waals surface area contributed by atoms with E-state index in [-0.39, 0.29) is 5.91 Å². The van der Waals surface area contributed by atoms with Gasteiger partial charge in [-0.15, -0.1) is 0 Å².